The first-order valence-corrected chi connectivity index (χ1v) is 6.35. The Morgan fingerprint density at radius 3 is 3.05 bits per heavy atom. The van der Waals surface area contributed by atoms with Gasteiger partial charge in [-0.25, -0.2) is 4.39 Å². The first-order chi connectivity index (χ1) is 8.99. The van der Waals surface area contributed by atoms with Crippen molar-refractivity contribution >= 4 is 5.91 Å². The average Bonchev–Trinajstić information content (AvgIpc) is 2.68. The number of nitrogens with one attached hydrogen (secondary N) is 1. The SMILES string of the molecule is CC1OCCC1(O)CNC(=O)Cc1cccc(F)c1. The van der Waals surface area contributed by atoms with Gasteiger partial charge in [0.1, 0.15) is 11.4 Å². The van der Waals surface area contributed by atoms with E-state index >= 15 is 0 Å². The van der Waals surface area contributed by atoms with Crippen LogP contribution in [-0.2, 0) is 16.0 Å². The number of rotatable bonds is 4. The first-order valence-electron chi connectivity index (χ1n) is 6.35. The van der Waals surface area contributed by atoms with E-state index in [1.165, 1.54) is 12.1 Å². The number of hydrogen-bond acceptors (Lipinski definition) is 3. The zero-order chi connectivity index (χ0) is 13.9. The molecule has 1 aliphatic rings. The molecule has 104 valence electrons. The Morgan fingerprint density at radius 2 is 2.42 bits per heavy atom. The van der Waals surface area contributed by atoms with E-state index in [0.29, 0.717) is 18.6 Å². The Balaban J connectivity index is 1.85. The molecule has 1 aliphatic heterocycles. The summed E-state index contributed by atoms with van der Waals surface area (Å²) in [6, 6.07) is 5.92. The predicted molar refractivity (Wildman–Crippen MR) is 68.1 cm³/mol. The van der Waals surface area contributed by atoms with Crippen LogP contribution in [0.3, 0.4) is 0 Å². The van der Waals surface area contributed by atoms with Gasteiger partial charge in [0.05, 0.1) is 12.5 Å². The Hall–Kier alpha value is -1.46. The van der Waals surface area contributed by atoms with Crippen LogP contribution in [0.25, 0.3) is 0 Å². The monoisotopic (exact) mass is 267 g/mol. The average molecular weight is 267 g/mol. The van der Waals surface area contributed by atoms with Crippen molar-refractivity contribution in [3.63, 3.8) is 0 Å². The summed E-state index contributed by atoms with van der Waals surface area (Å²) in [5, 5.41) is 12.9. The van der Waals surface area contributed by atoms with Crippen LogP contribution in [0.5, 0.6) is 0 Å². The molecule has 0 radical (unpaired) electrons. The minimum Gasteiger partial charge on any atom is -0.385 e. The number of halogens is 1. The highest BCUT2D eigenvalue weighted by molar-refractivity contribution is 5.78. The number of carbonyl (C=O) groups is 1. The Bertz CT molecular complexity index is 466. The molecular formula is C14H18FNO3. The highest BCUT2D eigenvalue weighted by atomic mass is 19.1. The molecule has 0 aliphatic carbocycles. The lowest BCUT2D eigenvalue weighted by Crippen LogP contribution is -2.47. The van der Waals surface area contributed by atoms with Gasteiger partial charge in [0.15, 0.2) is 0 Å². The van der Waals surface area contributed by atoms with Crippen LogP contribution >= 0.6 is 0 Å². The summed E-state index contributed by atoms with van der Waals surface area (Å²) in [5.74, 6) is -0.597. The fraction of sp³-hybridized carbons (Fsp3) is 0.500. The van der Waals surface area contributed by atoms with Crippen molar-refractivity contribution in [1.82, 2.24) is 5.32 Å². The summed E-state index contributed by atoms with van der Waals surface area (Å²) in [5.41, 5.74) is -0.391. The number of amides is 1. The Kier molecular flexibility index (Phi) is 4.17. The van der Waals surface area contributed by atoms with E-state index in [0.717, 1.165) is 0 Å². The van der Waals surface area contributed by atoms with Gasteiger partial charge in [-0.05, 0) is 24.6 Å². The fourth-order valence-electron chi connectivity index (χ4n) is 2.15. The van der Waals surface area contributed by atoms with Gasteiger partial charge in [0.2, 0.25) is 5.91 Å². The van der Waals surface area contributed by atoms with E-state index in [4.69, 9.17) is 4.74 Å². The van der Waals surface area contributed by atoms with Gasteiger partial charge in [-0.1, -0.05) is 12.1 Å². The summed E-state index contributed by atoms with van der Waals surface area (Å²) in [6.07, 6.45) is 0.319. The highest BCUT2D eigenvalue weighted by Crippen LogP contribution is 2.24. The van der Waals surface area contributed by atoms with Gasteiger partial charge in [-0.15, -0.1) is 0 Å². The lowest BCUT2D eigenvalue weighted by Gasteiger charge is -2.26. The van der Waals surface area contributed by atoms with Crippen molar-refractivity contribution in [3.05, 3.63) is 35.6 Å². The number of ether oxygens (including phenoxy) is 1. The maximum Gasteiger partial charge on any atom is 0.224 e. The third kappa shape index (κ3) is 3.52. The van der Waals surface area contributed by atoms with Crippen molar-refractivity contribution in [2.45, 2.75) is 31.5 Å². The molecule has 2 unspecified atom stereocenters. The fourth-order valence-corrected chi connectivity index (χ4v) is 2.15. The third-order valence-electron chi connectivity index (χ3n) is 3.50. The minimum atomic E-state index is -1.00. The standard InChI is InChI=1S/C14H18FNO3/c1-10-14(18,5-6-19-10)9-16-13(17)8-11-3-2-4-12(15)7-11/h2-4,7,10,18H,5-6,8-9H2,1H3,(H,16,17). The lowest BCUT2D eigenvalue weighted by atomic mass is 9.96. The molecule has 1 saturated heterocycles. The van der Waals surface area contributed by atoms with Crippen molar-refractivity contribution < 1.29 is 19.0 Å². The maximum atomic E-state index is 13.0. The molecule has 5 heteroatoms. The number of hydrogen-bond donors (Lipinski definition) is 2. The van der Waals surface area contributed by atoms with E-state index in [1.807, 2.05) is 0 Å². The van der Waals surface area contributed by atoms with Crippen LogP contribution < -0.4 is 5.32 Å². The zero-order valence-corrected chi connectivity index (χ0v) is 10.9. The van der Waals surface area contributed by atoms with Crippen molar-refractivity contribution in [2.75, 3.05) is 13.2 Å². The molecule has 2 rings (SSSR count). The molecule has 1 fully saturated rings. The molecule has 1 aromatic carbocycles. The molecule has 0 spiro atoms. The smallest absolute Gasteiger partial charge is 0.224 e. The van der Waals surface area contributed by atoms with Gasteiger partial charge in [-0.2, -0.15) is 0 Å². The summed E-state index contributed by atoms with van der Waals surface area (Å²) in [4.78, 5) is 11.7. The summed E-state index contributed by atoms with van der Waals surface area (Å²) < 4.78 is 18.3. The van der Waals surface area contributed by atoms with E-state index < -0.39 is 5.60 Å². The predicted octanol–water partition coefficient (Wildman–Crippen LogP) is 1.02. The number of aliphatic hydroxyl groups is 1. The van der Waals surface area contributed by atoms with Gasteiger partial charge in [0, 0.05) is 19.6 Å². The molecule has 0 aromatic heterocycles. The lowest BCUT2D eigenvalue weighted by molar-refractivity contribution is -0.122. The molecule has 1 heterocycles. The molecule has 2 atom stereocenters. The van der Waals surface area contributed by atoms with Gasteiger partial charge in [0.25, 0.3) is 0 Å². The van der Waals surface area contributed by atoms with Crippen molar-refractivity contribution in [1.29, 1.82) is 0 Å². The second kappa shape index (κ2) is 5.67. The zero-order valence-electron chi connectivity index (χ0n) is 10.9. The van der Waals surface area contributed by atoms with E-state index in [1.54, 1.807) is 19.1 Å². The molecular weight excluding hydrogens is 249 g/mol. The van der Waals surface area contributed by atoms with Crippen LogP contribution in [0.4, 0.5) is 4.39 Å². The second-order valence-electron chi connectivity index (χ2n) is 4.95. The van der Waals surface area contributed by atoms with E-state index in [2.05, 4.69) is 5.32 Å². The topological polar surface area (TPSA) is 58.6 Å². The largest absolute Gasteiger partial charge is 0.385 e. The van der Waals surface area contributed by atoms with E-state index in [9.17, 15) is 14.3 Å². The van der Waals surface area contributed by atoms with Crippen molar-refractivity contribution in [3.8, 4) is 0 Å². The van der Waals surface area contributed by atoms with E-state index in [-0.39, 0.29) is 30.8 Å². The van der Waals surface area contributed by atoms with Gasteiger partial charge in [-0.3, -0.25) is 4.79 Å². The normalized spacial score (nSPS) is 26.4. The van der Waals surface area contributed by atoms with Crippen LogP contribution in [0.15, 0.2) is 24.3 Å². The van der Waals surface area contributed by atoms with Gasteiger partial charge < -0.3 is 15.2 Å². The Labute approximate surface area is 111 Å². The van der Waals surface area contributed by atoms with Gasteiger partial charge >= 0.3 is 0 Å². The molecule has 2 N–H and O–H groups in total. The maximum absolute atomic E-state index is 13.0. The Morgan fingerprint density at radius 1 is 1.63 bits per heavy atom. The second-order valence-corrected chi connectivity index (χ2v) is 4.95. The quantitative estimate of drug-likeness (QED) is 0.856. The van der Waals surface area contributed by atoms with Crippen LogP contribution in [-0.4, -0.2) is 35.9 Å². The number of carbonyl (C=O) groups excluding carboxylic acids is 1. The van der Waals surface area contributed by atoms with Crippen LogP contribution in [0, 0.1) is 5.82 Å². The molecule has 0 saturated carbocycles. The first kappa shape index (κ1) is 14.0. The molecule has 1 aromatic rings. The molecule has 1 amide bonds. The highest BCUT2D eigenvalue weighted by Gasteiger charge is 2.39. The number of benzene rings is 1. The summed E-state index contributed by atoms with van der Waals surface area (Å²) in [7, 11) is 0. The molecule has 4 nitrogen and oxygen atoms in total. The minimum absolute atomic E-state index is 0.100. The van der Waals surface area contributed by atoms with Crippen molar-refractivity contribution in [2.24, 2.45) is 0 Å². The third-order valence-corrected chi connectivity index (χ3v) is 3.50. The van der Waals surface area contributed by atoms with Crippen LogP contribution in [0.2, 0.25) is 0 Å². The molecule has 0 bridgehead atoms. The summed E-state index contributed by atoms with van der Waals surface area (Å²) in [6.45, 7) is 2.44. The van der Waals surface area contributed by atoms with Crippen LogP contribution in [0.1, 0.15) is 18.9 Å². The summed E-state index contributed by atoms with van der Waals surface area (Å²) >= 11 is 0. The molecule has 19 heavy (non-hydrogen) atoms.